The molecule has 0 radical (unpaired) electrons. The van der Waals surface area contributed by atoms with Crippen molar-refractivity contribution < 1.29 is 4.52 Å². The van der Waals surface area contributed by atoms with Gasteiger partial charge < -0.3 is 15.2 Å². The smallest absolute Gasteiger partial charge is 0.191 e. The molecule has 2 aromatic heterocycles. The summed E-state index contributed by atoms with van der Waals surface area (Å²) in [5.74, 6) is 1.61. The number of aliphatic imine (C=N–C) groups is 1. The second-order valence-electron chi connectivity index (χ2n) is 5.68. The first-order valence-corrected chi connectivity index (χ1v) is 7.79. The van der Waals surface area contributed by atoms with Crippen LogP contribution in [0, 0.1) is 27.7 Å². The van der Waals surface area contributed by atoms with Crippen LogP contribution in [0.3, 0.4) is 0 Å². The van der Waals surface area contributed by atoms with Gasteiger partial charge in [-0.3, -0.25) is 9.67 Å². The minimum atomic E-state index is 0. The molecule has 0 unspecified atom stereocenters. The Morgan fingerprint density at radius 3 is 2.33 bits per heavy atom. The van der Waals surface area contributed by atoms with Crippen molar-refractivity contribution in [1.29, 1.82) is 0 Å². The van der Waals surface area contributed by atoms with Gasteiger partial charge in [0.05, 0.1) is 11.4 Å². The van der Waals surface area contributed by atoms with Gasteiger partial charge in [0.25, 0.3) is 0 Å². The molecule has 0 aliphatic carbocycles. The summed E-state index contributed by atoms with van der Waals surface area (Å²) in [7, 11) is 3.74. The van der Waals surface area contributed by atoms with Gasteiger partial charge >= 0.3 is 0 Å². The van der Waals surface area contributed by atoms with Crippen molar-refractivity contribution in [3.05, 3.63) is 34.0 Å². The maximum atomic E-state index is 5.17. The Bertz CT molecular complexity index is 684. The van der Waals surface area contributed by atoms with Crippen LogP contribution in [-0.4, -0.2) is 34.5 Å². The van der Waals surface area contributed by atoms with Gasteiger partial charge in [-0.15, -0.1) is 24.0 Å². The third-order valence-electron chi connectivity index (χ3n) is 4.16. The maximum Gasteiger partial charge on any atom is 0.191 e. The minimum Gasteiger partial charge on any atom is -0.361 e. The van der Waals surface area contributed by atoms with Gasteiger partial charge in [0.15, 0.2) is 5.96 Å². The van der Waals surface area contributed by atoms with E-state index in [1.165, 1.54) is 11.3 Å². The number of aromatic nitrogens is 3. The van der Waals surface area contributed by atoms with Gasteiger partial charge in [0.2, 0.25) is 0 Å². The van der Waals surface area contributed by atoms with E-state index in [1.807, 2.05) is 32.5 Å². The lowest BCUT2D eigenvalue weighted by molar-refractivity contribution is 0.392. The van der Waals surface area contributed by atoms with Gasteiger partial charge in [-0.25, -0.2) is 0 Å². The second kappa shape index (κ2) is 9.05. The predicted molar refractivity (Wildman–Crippen MR) is 106 cm³/mol. The fourth-order valence-electron chi connectivity index (χ4n) is 2.63. The van der Waals surface area contributed by atoms with Crippen LogP contribution >= 0.6 is 24.0 Å². The summed E-state index contributed by atoms with van der Waals surface area (Å²) in [5, 5.41) is 15.0. The molecule has 2 N–H and O–H groups in total. The van der Waals surface area contributed by atoms with E-state index >= 15 is 0 Å². The van der Waals surface area contributed by atoms with Crippen molar-refractivity contribution in [1.82, 2.24) is 25.6 Å². The highest BCUT2D eigenvalue weighted by atomic mass is 127. The average Bonchev–Trinajstić information content (AvgIpc) is 2.96. The molecule has 0 aliphatic rings. The Morgan fingerprint density at radius 2 is 1.83 bits per heavy atom. The molecule has 8 heteroatoms. The van der Waals surface area contributed by atoms with Crippen molar-refractivity contribution in [3.63, 3.8) is 0 Å². The first-order chi connectivity index (χ1) is 10.9. The zero-order valence-corrected chi connectivity index (χ0v) is 17.6. The van der Waals surface area contributed by atoms with Crippen molar-refractivity contribution in [2.75, 3.05) is 13.6 Å². The van der Waals surface area contributed by atoms with E-state index < -0.39 is 0 Å². The molecule has 0 aliphatic heterocycles. The second-order valence-corrected chi connectivity index (χ2v) is 5.68. The summed E-state index contributed by atoms with van der Waals surface area (Å²) in [6.07, 6.45) is 0.914. The lowest BCUT2D eigenvalue weighted by Gasteiger charge is -2.12. The summed E-state index contributed by atoms with van der Waals surface area (Å²) in [5.41, 5.74) is 5.58. The summed E-state index contributed by atoms with van der Waals surface area (Å²) >= 11 is 0. The zero-order chi connectivity index (χ0) is 17.0. The van der Waals surface area contributed by atoms with Crippen molar-refractivity contribution >= 4 is 29.9 Å². The molecule has 2 heterocycles. The van der Waals surface area contributed by atoms with Crippen LogP contribution in [0.4, 0.5) is 0 Å². The average molecular weight is 446 g/mol. The van der Waals surface area contributed by atoms with Gasteiger partial charge in [-0.05, 0) is 39.7 Å². The van der Waals surface area contributed by atoms with Crippen LogP contribution in [0.1, 0.15) is 34.0 Å². The Kier molecular flexibility index (Phi) is 7.71. The summed E-state index contributed by atoms with van der Waals surface area (Å²) in [4.78, 5) is 4.25. The lowest BCUT2D eigenvalue weighted by atomic mass is 10.1. The minimum absolute atomic E-state index is 0. The van der Waals surface area contributed by atoms with E-state index in [4.69, 9.17) is 4.52 Å². The number of halogens is 1. The highest BCUT2D eigenvalue weighted by molar-refractivity contribution is 14.0. The molecule has 2 rings (SSSR count). The van der Waals surface area contributed by atoms with Crippen LogP contribution in [0.15, 0.2) is 9.52 Å². The molecule has 0 atom stereocenters. The van der Waals surface area contributed by atoms with Gasteiger partial charge in [-0.1, -0.05) is 5.16 Å². The van der Waals surface area contributed by atoms with E-state index in [0.717, 1.165) is 41.6 Å². The standard InChI is InChI=1S/C16H26N6O.HI/c1-10-14(12(3)22(6)20-10)7-8-18-16(17-5)19-9-15-11(2)21-23-13(15)4;/h7-9H2,1-6H3,(H2,17,18,19);1H. The molecule has 134 valence electrons. The third-order valence-corrected chi connectivity index (χ3v) is 4.16. The fourth-order valence-corrected chi connectivity index (χ4v) is 2.63. The van der Waals surface area contributed by atoms with Crippen molar-refractivity contribution in [2.24, 2.45) is 12.0 Å². The summed E-state index contributed by atoms with van der Waals surface area (Å²) < 4.78 is 7.10. The summed E-state index contributed by atoms with van der Waals surface area (Å²) in [6, 6.07) is 0. The van der Waals surface area contributed by atoms with E-state index in [0.29, 0.717) is 6.54 Å². The first-order valence-electron chi connectivity index (χ1n) is 7.79. The number of aryl methyl sites for hydroxylation is 4. The molecule has 0 amide bonds. The highest BCUT2D eigenvalue weighted by Gasteiger charge is 2.11. The Morgan fingerprint density at radius 1 is 1.12 bits per heavy atom. The molecule has 0 spiro atoms. The van der Waals surface area contributed by atoms with E-state index in [9.17, 15) is 0 Å². The normalized spacial score (nSPS) is 11.3. The molecule has 0 saturated carbocycles. The topological polar surface area (TPSA) is 80.3 Å². The monoisotopic (exact) mass is 446 g/mol. The van der Waals surface area contributed by atoms with Crippen LogP contribution in [0.5, 0.6) is 0 Å². The number of rotatable bonds is 5. The molecule has 0 aromatic carbocycles. The molecule has 7 nitrogen and oxygen atoms in total. The van der Waals surface area contributed by atoms with E-state index in [2.05, 4.69) is 32.8 Å². The van der Waals surface area contributed by atoms with Crippen LogP contribution in [0.2, 0.25) is 0 Å². The molecule has 0 bridgehead atoms. The SMILES string of the molecule is CN=C(NCCc1c(C)nn(C)c1C)NCc1c(C)noc1C.I. The number of hydrogen-bond acceptors (Lipinski definition) is 4. The van der Waals surface area contributed by atoms with Crippen LogP contribution in [0.25, 0.3) is 0 Å². The number of hydrogen-bond donors (Lipinski definition) is 2. The molecule has 24 heavy (non-hydrogen) atoms. The number of guanidine groups is 1. The molecule has 0 fully saturated rings. The Hall–Kier alpha value is -1.58. The molecule has 0 saturated heterocycles. The van der Waals surface area contributed by atoms with E-state index in [1.54, 1.807) is 7.05 Å². The Labute approximate surface area is 160 Å². The maximum absolute atomic E-state index is 5.17. The fraction of sp³-hybridized carbons (Fsp3) is 0.562. The van der Waals surface area contributed by atoms with Gasteiger partial charge in [0.1, 0.15) is 5.76 Å². The Balaban J connectivity index is 0.00000288. The van der Waals surface area contributed by atoms with Crippen LogP contribution < -0.4 is 10.6 Å². The first kappa shape index (κ1) is 20.5. The van der Waals surface area contributed by atoms with Gasteiger partial charge in [0, 0.05) is 38.4 Å². The van der Waals surface area contributed by atoms with E-state index in [-0.39, 0.29) is 24.0 Å². The molecular weight excluding hydrogens is 419 g/mol. The summed E-state index contributed by atoms with van der Waals surface area (Å²) in [6.45, 7) is 9.45. The quantitative estimate of drug-likeness (QED) is 0.418. The van der Waals surface area contributed by atoms with Crippen molar-refractivity contribution in [2.45, 2.75) is 40.7 Å². The zero-order valence-electron chi connectivity index (χ0n) is 15.2. The molecular formula is C16H27IN6O. The number of nitrogens with zero attached hydrogens (tertiary/aromatic N) is 4. The van der Waals surface area contributed by atoms with Crippen molar-refractivity contribution in [3.8, 4) is 0 Å². The predicted octanol–water partition coefficient (Wildman–Crippen LogP) is 2.17. The molecule has 2 aromatic rings. The van der Waals surface area contributed by atoms with Gasteiger partial charge in [-0.2, -0.15) is 5.10 Å². The highest BCUT2D eigenvalue weighted by Crippen LogP contribution is 2.12. The third kappa shape index (κ3) is 4.71. The lowest BCUT2D eigenvalue weighted by Crippen LogP contribution is -2.38. The van der Waals surface area contributed by atoms with Crippen LogP contribution in [-0.2, 0) is 20.0 Å². The largest absolute Gasteiger partial charge is 0.361 e. The number of nitrogens with one attached hydrogen (secondary N) is 2.